The highest BCUT2D eigenvalue weighted by atomic mass is 16.5. The molecule has 0 aromatic heterocycles. The van der Waals surface area contributed by atoms with E-state index >= 15 is 0 Å². The van der Waals surface area contributed by atoms with Crippen LogP contribution in [0.15, 0.2) is 48.5 Å². The lowest BCUT2D eigenvalue weighted by molar-refractivity contribution is 0.172. The molecule has 118 valence electrons. The zero-order chi connectivity index (χ0) is 16.2. The zero-order valence-corrected chi connectivity index (χ0v) is 13.1. The van der Waals surface area contributed by atoms with Gasteiger partial charge in [0.25, 0.3) is 0 Å². The van der Waals surface area contributed by atoms with Crippen LogP contribution in [0.4, 0.5) is 0 Å². The summed E-state index contributed by atoms with van der Waals surface area (Å²) in [7, 11) is 1.66. The molecule has 1 saturated heterocycles. The standard InChI is InChI=1S/C19H20N2O2/c1-23-18-8-4-7-14(9-18)19-10-17(22)13-21(19)12-16-6-3-2-5-15(16)11-20/h2-9,17,19,22H,10,12-13H2,1H3/t17-,19+/m0/s1. The number of hydrogen-bond donors (Lipinski definition) is 1. The van der Waals surface area contributed by atoms with Crippen LogP contribution in [0, 0.1) is 11.3 Å². The number of nitriles is 1. The van der Waals surface area contributed by atoms with Crippen molar-refractivity contribution < 1.29 is 9.84 Å². The molecule has 1 aliphatic heterocycles. The van der Waals surface area contributed by atoms with Gasteiger partial charge in [-0.05, 0) is 35.7 Å². The van der Waals surface area contributed by atoms with Crippen molar-refractivity contribution in [1.82, 2.24) is 4.90 Å². The van der Waals surface area contributed by atoms with E-state index in [-0.39, 0.29) is 12.1 Å². The first kappa shape index (κ1) is 15.5. The van der Waals surface area contributed by atoms with Crippen LogP contribution in [0.2, 0.25) is 0 Å². The van der Waals surface area contributed by atoms with Crippen LogP contribution >= 0.6 is 0 Å². The van der Waals surface area contributed by atoms with Gasteiger partial charge in [0, 0.05) is 19.1 Å². The number of β-amino-alcohol motifs (C(OH)–C–C–N with tert-alkyl or cyclic N) is 1. The minimum Gasteiger partial charge on any atom is -0.497 e. The van der Waals surface area contributed by atoms with Gasteiger partial charge in [0.2, 0.25) is 0 Å². The van der Waals surface area contributed by atoms with Crippen LogP contribution in [-0.2, 0) is 6.54 Å². The maximum Gasteiger partial charge on any atom is 0.119 e. The second-order valence-electron chi connectivity index (χ2n) is 5.88. The highest BCUT2D eigenvalue weighted by Gasteiger charge is 2.32. The van der Waals surface area contributed by atoms with Crippen molar-refractivity contribution in [2.75, 3.05) is 13.7 Å². The molecule has 1 aliphatic rings. The average molecular weight is 308 g/mol. The number of aliphatic hydroxyl groups excluding tert-OH is 1. The zero-order valence-electron chi connectivity index (χ0n) is 13.1. The second-order valence-corrected chi connectivity index (χ2v) is 5.88. The summed E-state index contributed by atoms with van der Waals surface area (Å²) in [5, 5.41) is 19.4. The molecule has 0 aliphatic carbocycles. The van der Waals surface area contributed by atoms with Gasteiger partial charge in [0.05, 0.1) is 24.8 Å². The smallest absolute Gasteiger partial charge is 0.119 e. The number of rotatable bonds is 4. The van der Waals surface area contributed by atoms with E-state index in [1.807, 2.05) is 42.5 Å². The highest BCUT2D eigenvalue weighted by molar-refractivity contribution is 5.38. The van der Waals surface area contributed by atoms with E-state index in [1.165, 1.54) is 0 Å². The minimum absolute atomic E-state index is 0.131. The fraction of sp³-hybridized carbons (Fsp3) is 0.316. The Bertz CT molecular complexity index is 723. The molecule has 0 unspecified atom stereocenters. The minimum atomic E-state index is -0.347. The van der Waals surface area contributed by atoms with E-state index in [2.05, 4.69) is 17.0 Å². The van der Waals surface area contributed by atoms with E-state index in [0.717, 1.165) is 16.9 Å². The van der Waals surface area contributed by atoms with E-state index in [9.17, 15) is 10.4 Å². The maximum absolute atomic E-state index is 10.1. The van der Waals surface area contributed by atoms with Crippen molar-refractivity contribution in [2.24, 2.45) is 0 Å². The van der Waals surface area contributed by atoms with Crippen molar-refractivity contribution in [3.8, 4) is 11.8 Å². The van der Waals surface area contributed by atoms with E-state index in [4.69, 9.17) is 4.74 Å². The van der Waals surface area contributed by atoms with Crippen LogP contribution in [0.3, 0.4) is 0 Å². The third-order valence-corrected chi connectivity index (χ3v) is 4.37. The molecule has 1 heterocycles. The second kappa shape index (κ2) is 6.82. The maximum atomic E-state index is 10.1. The van der Waals surface area contributed by atoms with Crippen molar-refractivity contribution >= 4 is 0 Å². The molecular formula is C19H20N2O2. The van der Waals surface area contributed by atoms with Gasteiger partial charge >= 0.3 is 0 Å². The van der Waals surface area contributed by atoms with E-state index < -0.39 is 0 Å². The SMILES string of the molecule is COc1cccc([C@H]2C[C@H](O)CN2Cc2ccccc2C#N)c1. The number of benzene rings is 2. The molecule has 2 aromatic rings. The first-order valence-corrected chi connectivity index (χ1v) is 7.75. The quantitative estimate of drug-likeness (QED) is 0.943. The van der Waals surface area contributed by atoms with Crippen molar-refractivity contribution in [1.29, 1.82) is 5.26 Å². The van der Waals surface area contributed by atoms with Crippen molar-refractivity contribution in [3.63, 3.8) is 0 Å². The Morgan fingerprint density at radius 3 is 2.87 bits per heavy atom. The molecule has 3 rings (SSSR count). The average Bonchev–Trinajstić information content (AvgIpc) is 2.96. The van der Waals surface area contributed by atoms with Gasteiger partial charge in [0.1, 0.15) is 5.75 Å². The third-order valence-electron chi connectivity index (χ3n) is 4.37. The van der Waals surface area contributed by atoms with E-state index in [1.54, 1.807) is 7.11 Å². The molecule has 2 atom stereocenters. The normalized spacial score (nSPS) is 21.1. The van der Waals surface area contributed by atoms with E-state index in [0.29, 0.717) is 25.1 Å². The Labute approximate surface area is 136 Å². The first-order chi connectivity index (χ1) is 11.2. The number of methoxy groups -OCH3 is 1. The Kier molecular flexibility index (Phi) is 4.61. The summed E-state index contributed by atoms with van der Waals surface area (Å²) in [6, 6.07) is 18.0. The van der Waals surface area contributed by atoms with Gasteiger partial charge < -0.3 is 9.84 Å². The molecule has 0 radical (unpaired) electrons. The summed E-state index contributed by atoms with van der Waals surface area (Å²) in [6.45, 7) is 1.27. The monoisotopic (exact) mass is 308 g/mol. The van der Waals surface area contributed by atoms with Gasteiger partial charge in [-0.25, -0.2) is 0 Å². The summed E-state index contributed by atoms with van der Waals surface area (Å²) in [5.41, 5.74) is 2.82. The topological polar surface area (TPSA) is 56.5 Å². The molecule has 1 fully saturated rings. The highest BCUT2D eigenvalue weighted by Crippen LogP contribution is 2.35. The lowest BCUT2D eigenvalue weighted by atomic mass is 10.0. The Morgan fingerprint density at radius 1 is 1.26 bits per heavy atom. The summed E-state index contributed by atoms with van der Waals surface area (Å²) < 4.78 is 5.31. The molecule has 2 aromatic carbocycles. The molecule has 0 amide bonds. The van der Waals surface area contributed by atoms with Gasteiger partial charge in [-0.2, -0.15) is 5.26 Å². The Balaban J connectivity index is 1.86. The summed E-state index contributed by atoms with van der Waals surface area (Å²) in [4.78, 5) is 2.23. The molecular weight excluding hydrogens is 288 g/mol. The molecule has 0 saturated carbocycles. The van der Waals surface area contributed by atoms with Crippen LogP contribution in [0.1, 0.15) is 29.2 Å². The first-order valence-electron chi connectivity index (χ1n) is 7.75. The Hall–Kier alpha value is -2.35. The largest absolute Gasteiger partial charge is 0.497 e. The number of likely N-dealkylation sites (tertiary alicyclic amines) is 1. The molecule has 1 N–H and O–H groups in total. The van der Waals surface area contributed by atoms with Crippen molar-refractivity contribution in [2.45, 2.75) is 25.1 Å². The predicted octanol–water partition coefficient (Wildman–Crippen LogP) is 2.87. The fourth-order valence-corrected chi connectivity index (χ4v) is 3.24. The number of nitrogens with zero attached hydrogens (tertiary/aromatic N) is 2. The van der Waals surface area contributed by atoms with Crippen LogP contribution in [0.5, 0.6) is 5.75 Å². The van der Waals surface area contributed by atoms with Crippen molar-refractivity contribution in [3.05, 3.63) is 65.2 Å². The molecule has 0 spiro atoms. The summed E-state index contributed by atoms with van der Waals surface area (Å²) in [5.74, 6) is 0.821. The summed E-state index contributed by atoms with van der Waals surface area (Å²) >= 11 is 0. The molecule has 23 heavy (non-hydrogen) atoms. The van der Waals surface area contributed by atoms with Gasteiger partial charge in [0.15, 0.2) is 0 Å². The van der Waals surface area contributed by atoms with Gasteiger partial charge in [-0.1, -0.05) is 30.3 Å². The van der Waals surface area contributed by atoms with Crippen LogP contribution in [-0.4, -0.2) is 29.8 Å². The third kappa shape index (κ3) is 3.37. The molecule has 0 bridgehead atoms. The number of aliphatic hydroxyl groups is 1. The predicted molar refractivity (Wildman–Crippen MR) is 87.9 cm³/mol. The van der Waals surface area contributed by atoms with Crippen LogP contribution < -0.4 is 4.74 Å². The number of ether oxygens (including phenoxy) is 1. The molecule has 4 nitrogen and oxygen atoms in total. The van der Waals surface area contributed by atoms with Crippen LogP contribution in [0.25, 0.3) is 0 Å². The number of hydrogen-bond acceptors (Lipinski definition) is 4. The fourth-order valence-electron chi connectivity index (χ4n) is 3.24. The van der Waals surface area contributed by atoms with Gasteiger partial charge in [-0.15, -0.1) is 0 Å². The molecule has 4 heteroatoms. The lowest BCUT2D eigenvalue weighted by Gasteiger charge is -2.25. The Morgan fingerprint density at radius 2 is 2.09 bits per heavy atom. The summed E-state index contributed by atoms with van der Waals surface area (Å²) in [6.07, 6.45) is 0.350. The lowest BCUT2D eigenvalue weighted by Crippen LogP contribution is -2.24. The van der Waals surface area contributed by atoms with Gasteiger partial charge in [-0.3, -0.25) is 4.90 Å².